The van der Waals surface area contributed by atoms with Gasteiger partial charge in [0.1, 0.15) is 10.6 Å². The van der Waals surface area contributed by atoms with E-state index in [-0.39, 0.29) is 28.0 Å². The summed E-state index contributed by atoms with van der Waals surface area (Å²) in [5.74, 6) is -0.311. The third-order valence-electron chi connectivity index (χ3n) is 5.58. The zero-order valence-electron chi connectivity index (χ0n) is 16.9. The van der Waals surface area contributed by atoms with Crippen LogP contribution in [0.2, 0.25) is 0 Å². The molecule has 1 aromatic heterocycles. The number of sulfone groups is 1. The molecule has 1 amide bonds. The third kappa shape index (κ3) is 3.21. The van der Waals surface area contributed by atoms with Gasteiger partial charge in [0.15, 0.2) is 15.5 Å². The number of aromatic nitrogens is 2. The molecule has 9 heteroatoms. The first-order chi connectivity index (χ1) is 15.0. The minimum Gasteiger partial charge on any atom is -0.495 e. The van der Waals surface area contributed by atoms with Crippen LogP contribution in [-0.4, -0.2) is 62.4 Å². The average Bonchev–Trinajstić information content (AvgIpc) is 3.18. The van der Waals surface area contributed by atoms with Gasteiger partial charge >= 0.3 is 0 Å². The SMILES string of the molecule is COc1cccc2c1S(=O)(=O)Cc1c(C(=O)N3CCOCC3)nn(-c3ccccc3)c1-2. The smallest absolute Gasteiger partial charge is 0.274 e. The van der Waals surface area contributed by atoms with Crippen LogP contribution in [0, 0.1) is 0 Å². The number of amides is 1. The van der Waals surface area contributed by atoms with Crippen LogP contribution in [0.4, 0.5) is 0 Å². The van der Waals surface area contributed by atoms with Gasteiger partial charge in [0.25, 0.3) is 5.91 Å². The lowest BCUT2D eigenvalue weighted by atomic mass is 10.0. The molecule has 8 nitrogen and oxygen atoms in total. The zero-order chi connectivity index (χ0) is 21.6. The fourth-order valence-electron chi connectivity index (χ4n) is 4.15. The summed E-state index contributed by atoms with van der Waals surface area (Å²) in [4.78, 5) is 15.1. The number of hydrogen-bond acceptors (Lipinski definition) is 6. The van der Waals surface area contributed by atoms with Crippen molar-refractivity contribution in [3.05, 3.63) is 59.8 Å². The largest absolute Gasteiger partial charge is 0.495 e. The maximum absolute atomic E-state index is 13.3. The maximum Gasteiger partial charge on any atom is 0.274 e. The molecule has 0 N–H and O–H groups in total. The van der Waals surface area contributed by atoms with Gasteiger partial charge < -0.3 is 14.4 Å². The van der Waals surface area contributed by atoms with Crippen LogP contribution in [0.25, 0.3) is 16.9 Å². The fraction of sp³-hybridized carbons (Fsp3) is 0.273. The number of methoxy groups -OCH3 is 1. The molecule has 160 valence electrons. The van der Waals surface area contributed by atoms with Crippen LogP contribution < -0.4 is 4.74 Å². The Kier molecular flexibility index (Phi) is 4.79. The molecule has 1 fully saturated rings. The van der Waals surface area contributed by atoms with Crippen molar-refractivity contribution in [3.63, 3.8) is 0 Å². The van der Waals surface area contributed by atoms with Crippen molar-refractivity contribution in [2.75, 3.05) is 33.4 Å². The van der Waals surface area contributed by atoms with Gasteiger partial charge in [0, 0.05) is 24.2 Å². The molecule has 0 saturated carbocycles. The van der Waals surface area contributed by atoms with E-state index in [9.17, 15) is 13.2 Å². The molecule has 2 aliphatic rings. The van der Waals surface area contributed by atoms with Crippen LogP contribution in [-0.2, 0) is 20.3 Å². The molecule has 3 aromatic rings. The Hall–Kier alpha value is -3.17. The fourth-order valence-corrected chi connectivity index (χ4v) is 5.91. The van der Waals surface area contributed by atoms with E-state index in [0.29, 0.717) is 43.1 Å². The molecule has 2 aliphatic heterocycles. The Morgan fingerprint density at radius 1 is 1.06 bits per heavy atom. The van der Waals surface area contributed by atoms with Gasteiger partial charge in [-0.15, -0.1) is 0 Å². The van der Waals surface area contributed by atoms with Gasteiger partial charge in [-0.05, 0) is 18.2 Å². The molecule has 0 bridgehead atoms. The predicted octanol–water partition coefficient (Wildman–Crippen LogP) is 2.31. The van der Waals surface area contributed by atoms with Crippen LogP contribution in [0.1, 0.15) is 16.1 Å². The standard InChI is InChI=1S/C22H21N3O5S/c1-29-18-9-5-8-16-20-17(14-31(27,28)21(16)18)19(22(26)24-10-12-30-13-11-24)23-25(20)15-6-3-2-4-7-15/h2-9H,10-14H2,1H3. The molecule has 0 spiro atoms. The highest BCUT2D eigenvalue weighted by Gasteiger charge is 2.39. The summed E-state index contributed by atoms with van der Waals surface area (Å²) in [7, 11) is -2.28. The molecule has 2 aromatic carbocycles. The molecular weight excluding hydrogens is 418 g/mol. The first-order valence-corrected chi connectivity index (χ1v) is 11.6. The number of carbonyl (C=O) groups is 1. The summed E-state index contributed by atoms with van der Waals surface area (Å²) in [6.45, 7) is 1.79. The number of benzene rings is 2. The molecular formula is C22H21N3O5S. The Bertz CT molecular complexity index is 1260. The highest BCUT2D eigenvalue weighted by Crippen LogP contribution is 2.44. The summed E-state index contributed by atoms with van der Waals surface area (Å²) >= 11 is 0. The van der Waals surface area contributed by atoms with Crippen molar-refractivity contribution in [2.45, 2.75) is 10.6 Å². The maximum atomic E-state index is 13.3. The molecule has 1 saturated heterocycles. The second kappa shape index (κ2) is 7.51. The lowest BCUT2D eigenvalue weighted by Gasteiger charge is -2.26. The van der Waals surface area contributed by atoms with Crippen molar-refractivity contribution in [1.29, 1.82) is 0 Å². The van der Waals surface area contributed by atoms with E-state index in [0.717, 1.165) is 5.69 Å². The highest BCUT2D eigenvalue weighted by atomic mass is 32.2. The number of carbonyl (C=O) groups excluding carboxylic acids is 1. The average molecular weight is 439 g/mol. The van der Waals surface area contributed by atoms with E-state index >= 15 is 0 Å². The van der Waals surface area contributed by atoms with Crippen molar-refractivity contribution < 1.29 is 22.7 Å². The summed E-state index contributed by atoms with van der Waals surface area (Å²) in [5, 5.41) is 4.64. The Balaban J connectivity index is 1.78. The lowest BCUT2D eigenvalue weighted by molar-refractivity contribution is 0.0298. The van der Waals surface area contributed by atoms with Gasteiger partial charge in [-0.3, -0.25) is 4.79 Å². The second-order valence-electron chi connectivity index (χ2n) is 7.42. The summed E-state index contributed by atoms with van der Waals surface area (Å²) in [5.41, 5.74) is 2.41. The number of nitrogens with zero attached hydrogens (tertiary/aromatic N) is 3. The van der Waals surface area contributed by atoms with Crippen molar-refractivity contribution in [3.8, 4) is 22.7 Å². The normalized spacial score (nSPS) is 17.0. The zero-order valence-corrected chi connectivity index (χ0v) is 17.8. The van der Waals surface area contributed by atoms with Crippen molar-refractivity contribution in [2.24, 2.45) is 0 Å². The Morgan fingerprint density at radius 2 is 1.81 bits per heavy atom. The first kappa shape index (κ1) is 19.8. The van der Waals surface area contributed by atoms with Crippen LogP contribution in [0.15, 0.2) is 53.4 Å². The molecule has 0 radical (unpaired) electrons. The molecule has 0 unspecified atom stereocenters. The van der Waals surface area contributed by atoms with E-state index in [1.165, 1.54) is 7.11 Å². The molecule has 0 aliphatic carbocycles. The monoisotopic (exact) mass is 439 g/mol. The quantitative estimate of drug-likeness (QED) is 0.622. The van der Waals surface area contributed by atoms with E-state index in [4.69, 9.17) is 9.47 Å². The second-order valence-corrected chi connectivity index (χ2v) is 9.35. The van der Waals surface area contributed by atoms with Gasteiger partial charge in [-0.25, -0.2) is 13.1 Å². The summed E-state index contributed by atoms with van der Waals surface area (Å²) in [6, 6.07) is 14.5. The molecule has 3 heterocycles. The number of morpholine rings is 1. The van der Waals surface area contributed by atoms with Gasteiger partial charge in [0.2, 0.25) is 0 Å². The van der Waals surface area contributed by atoms with E-state index in [1.807, 2.05) is 30.3 Å². The minimum atomic E-state index is -3.73. The summed E-state index contributed by atoms with van der Waals surface area (Å²) < 4.78 is 38.9. The minimum absolute atomic E-state index is 0.132. The van der Waals surface area contributed by atoms with Gasteiger partial charge in [0.05, 0.1) is 37.5 Å². The number of hydrogen-bond donors (Lipinski definition) is 0. The van der Waals surface area contributed by atoms with Crippen LogP contribution in [0.3, 0.4) is 0 Å². The van der Waals surface area contributed by atoms with E-state index < -0.39 is 9.84 Å². The van der Waals surface area contributed by atoms with E-state index in [2.05, 4.69) is 5.10 Å². The highest BCUT2D eigenvalue weighted by molar-refractivity contribution is 7.91. The van der Waals surface area contributed by atoms with Crippen molar-refractivity contribution >= 4 is 15.7 Å². The number of ether oxygens (including phenoxy) is 2. The van der Waals surface area contributed by atoms with Crippen LogP contribution >= 0.6 is 0 Å². The lowest BCUT2D eigenvalue weighted by Crippen LogP contribution is -2.41. The Labute approximate surface area is 179 Å². The Morgan fingerprint density at radius 3 is 2.52 bits per heavy atom. The third-order valence-corrected chi connectivity index (χ3v) is 7.30. The molecule has 0 atom stereocenters. The van der Waals surface area contributed by atoms with Gasteiger partial charge in [-0.2, -0.15) is 5.10 Å². The topological polar surface area (TPSA) is 90.7 Å². The molecule has 5 rings (SSSR count). The van der Waals surface area contributed by atoms with Crippen molar-refractivity contribution in [1.82, 2.24) is 14.7 Å². The summed E-state index contributed by atoms with van der Waals surface area (Å²) in [6.07, 6.45) is 0. The van der Waals surface area contributed by atoms with Gasteiger partial charge in [-0.1, -0.05) is 30.3 Å². The first-order valence-electron chi connectivity index (χ1n) is 9.96. The van der Waals surface area contributed by atoms with Crippen LogP contribution in [0.5, 0.6) is 5.75 Å². The number of fused-ring (bicyclic) bond motifs is 3. The predicted molar refractivity (Wildman–Crippen MR) is 113 cm³/mol. The molecule has 31 heavy (non-hydrogen) atoms. The number of rotatable bonds is 3. The van der Waals surface area contributed by atoms with E-state index in [1.54, 1.807) is 27.8 Å². The number of para-hydroxylation sites is 1.